The third-order valence-electron chi connectivity index (χ3n) is 2.31. The van der Waals surface area contributed by atoms with E-state index in [-0.39, 0.29) is 23.9 Å². The van der Waals surface area contributed by atoms with E-state index in [2.05, 4.69) is 5.32 Å². The zero-order valence-electron chi connectivity index (χ0n) is 9.31. The summed E-state index contributed by atoms with van der Waals surface area (Å²) in [5.74, 6) is 0.0929. The van der Waals surface area contributed by atoms with Gasteiger partial charge in [0.2, 0.25) is 12.7 Å². The van der Waals surface area contributed by atoms with Crippen LogP contribution in [0.15, 0.2) is 12.1 Å². The van der Waals surface area contributed by atoms with Gasteiger partial charge in [0.05, 0.1) is 11.0 Å². The first-order chi connectivity index (χ1) is 8.49. The van der Waals surface area contributed by atoms with Crippen molar-refractivity contribution < 1.29 is 19.2 Å². The number of amides is 1. The summed E-state index contributed by atoms with van der Waals surface area (Å²) in [6.07, 6.45) is 0. The zero-order valence-corrected chi connectivity index (χ0v) is 10.1. The molecule has 1 unspecified atom stereocenters. The molecule has 0 bridgehead atoms. The Labute approximate surface area is 107 Å². The summed E-state index contributed by atoms with van der Waals surface area (Å²) in [7, 11) is 0. The van der Waals surface area contributed by atoms with E-state index in [1.54, 1.807) is 0 Å². The molecule has 0 aliphatic carbocycles. The number of anilines is 1. The molecule has 0 spiro atoms. The first-order valence-corrected chi connectivity index (χ1v) is 5.45. The lowest BCUT2D eigenvalue weighted by molar-refractivity contribution is -0.384. The molecule has 8 heteroatoms. The lowest BCUT2D eigenvalue weighted by Gasteiger charge is -2.08. The predicted molar refractivity (Wildman–Crippen MR) is 63.2 cm³/mol. The van der Waals surface area contributed by atoms with Gasteiger partial charge in [-0.3, -0.25) is 14.9 Å². The van der Waals surface area contributed by atoms with E-state index in [9.17, 15) is 14.9 Å². The molecular formula is C10H9ClN2O5. The van der Waals surface area contributed by atoms with Gasteiger partial charge >= 0.3 is 0 Å². The number of alkyl halides is 1. The Morgan fingerprint density at radius 3 is 2.67 bits per heavy atom. The highest BCUT2D eigenvalue weighted by Crippen LogP contribution is 2.40. The molecule has 0 saturated heterocycles. The van der Waals surface area contributed by atoms with Crippen LogP contribution in [0.1, 0.15) is 6.92 Å². The number of hydrogen-bond donors (Lipinski definition) is 1. The number of rotatable bonds is 3. The monoisotopic (exact) mass is 272 g/mol. The predicted octanol–water partition coefficient (Wildman–Crippen LogP) is 1.89. The molecule has 1 aromatic rings. The molecule has 0 radical (unpaired) electrons. The molecule has 0 saturated carbocycles. The van der Waals surface area contributed by atoms with E-state index >= 15 is 0 Å². The van der Waals surface area contributed by atoms with Gasteiger partial charge in [-0.05, 0) is 6.92 Å². The first-order valence-electron chi connectivity index (χ1n) is 5.02. The van der Waals surface area contributed by atoms with Crippen molar-refractivity contribution in [3.05, 3.63) is 22.2 Å². The van der Waals surface area contributed by atoms with Crippen molar-refractivity contribution in [1.82, 2.24) is 0 Å². The second-order valence-electron chi connectivity index (χ2n) is 3.58. The molecule has 96 valence electrons. The summed E-state index contributed by atoms with van der Waals surface area (Å²) in [6.45, 7) is 1.46. The highest BCUT2D eigenvalue weighted by atomic mass is 35.5. The number of carbonyl (C=O) groups excluding carboxylic acids is 1. The number of halogens is 1. The van der Waals surface area contributed by atoms with Gasteiger partial charge in [0, 0.05) is 6.07 Å². The van der Waals surface area contributed by atoms with Crippen molar-refractivity contribution in [2.45, 2.75) is 12.3 Å². The number of ether oxygens (including phenoxy) is 2. The maximum Gasteiger partial charge on any atom is 0.296 e. The number of fused-ring (bicyclic) bond motifs is 1. The maximum atomic E-state index is 11.4. The van der Waals surface area contributed by atoms with Gasteiger partial charge in [-0.2, -0.15) is 0 Å². The summed E-state index contributed by atoms with van der Waals surface area (Å²) >= 11 is 5.59. The summed E-state index contributed by atoms with van der Waals surface area (Å²) in [5, 5.41) is 12.5. The van der Waals surface area contributed by atoms with Crippen LogP contribution >= 0.6 is 11.6 Å². The third kappa shape index (κ3) is 2.30. The van der Waals surface area contributed by atoms with Crippen molar-refractivity contribution in [2.75, 3.05) is 12.1 Å². The Morgan fingerprint density at radius 2 is 2.11 bits per heavy atom. The van der Waals surface area contributed by atoms with E-state index in [0.29, 0.717) is 5.75 Å². The number of carbonyl (C=O) groups is 1. The number of benzene rings is 1. The Bertz CT molecular complexity index is 517. The van der Waals surface area contributed by atoms with E-state index in [1.165, 1.54) is 19.1 Å². The van der Waals surface area contributed by atoms with Gasteiger partial charge < -0.3 is 14.8 Å². The molecule has 1 N–H and O–H groups in total. The Balaban J connectivity index is 2.38. The molecule has 1 aromatic carbocycles. The van der Waals surface area contributed by atoms with Gasteiger partial charge in [-0.1, -0.05) is 0 Å². The molecule has 1 aliphatic heterocycles. The van der Waals surface area contributed by atoms with E-state index < -0.39 is 16.2 Å². The highest BCUT2D eigenvalue weighted by Gasteiger charge is 2.25. The van der Waals surface area contributed by atoms with Crippen molar-refractivity contribution >= 4 is 28.9 Å². The zero-order chi connectivity index (χ0) is 13.3. The van der Waals surface area contributed by atoms with Gasteiger partial charge in [-0.25, -0.2) is 0 Å². The lowest BCUT2D eigenvalue weighted by Crippen LogP contribution is -2.20. The van der Waals surface area contributed by atoms with Crippen molar-refractivity contribution in [1.29, 1.82) is 0 Å². The number of nitro benzene ring substituents is 1. The molecule has 1 heterocycles. The highest BCUT2D eigenvalue weighted by molar-refractivity contribution is 6.32. The molecule has 1 atom stereocenters. The minimum Gasteiger partial charge on any atom is -0.454 e. The fraction of sp³-hybridized carbons (Fsp3) is 0.300. The van der Waals surface area contributed by atoms with Crippen LogP contribution in [0.2, 0.25) is 0 Å². The van der Waals surface area contributed by atoms with Gasteiger partial charge in [-0.15, -0.1) is 11.6 Å². The minimum atomic E-state index is -0.796. The van der Waals surface area contributed by atoms with Gasteiger partial charge in [0.25, 0.3) is 5.69 Å². The second kappa shape index (κ2) is 4.69. The molecular weight excluding hydrogens is 264 g/mol. The summed E-state index contributed by atoms with van der Waals surface area (Å²) in [4.78, 5) is 21.7. The topological polar surface area (TPSA) is 90.7 Å². The van der Waals surface area contributed by atoms with Crippen molar-refractivity contribution in [3.8, 4) is 11.5 Å². The van der Waals surface area contributed by atoms with E-state index in [4.69, 9.17) is 21.1 Å². The Hall–Kier alpha value is -2.02. The average molecular weight is 273 g/mol. The van der Waals surface area contributed by atoms with Crippen LogP contribution < -0.4 is 14.8 Å². The number of nitro groups is 1. The Kier molecular flexibility index (Phi) is 3.24. The summed E-state index contributed by atoms with van der Waals surface area (Å²) < 4.78 is 10.1. The van der Waals surface area contributed by atoms with Crippen molar-refractivity contribution in [2.24, 2.45) is 0 Å². The second-order valence-corrected chi connectivity index (χ2v) is 4.24. The maximum absolute atomic E-state index is 11.4. The molecule has 18 heavy (non-hydrogen) atoms. The smallest absolute Gasteiger partial charge is 0.296 e. The fourth-order valence-electron chi connectivity index (χ4n) is 1.41. The molecule has 7 nitrogen and oxygen atoms in total. The van der Waals surface area contributed by atoms with Crippen molar-refractivity contribution in [3.63, 3.8) is 0 Å². The summed E-state index contributed by atoms with van der Waals surface area (Å²) in [6, 6.07) is 2.55. The molecule has 0 fully saturated rings. The number of nitrogens with zero attached hydrogens (tertiary/aromatic N) is 1. The van der Waals surface area contributed by atoms with Crippen LogP contribution in [0.25, 0.3) is 0 Å². The van der Waals surface area contributed by atoms with Gasteiger partial charge in [0.1, 0.15) is 11.1 Å². The molecule has 2 rings (SSSR count). The normalized spacial score (nSPS) is 14.1. The summed E-state index contributed by atoms with van der Waals surface area (Å²) in [5.41, 5.74) is -0.244. The van der Waals surface area contributed by atoms with Crippen LogP contribution in [-0.2, 0) is 4.79 Å². The Morgan fingerprint density at radius 1 is 1.50 bits per heavy atom. The van der Waals surface area contributed by atoms with Crippen LogP contribution in [0, 0.1) is 10.1 Å². The molecule has 0 aromatic heterocycles. The van der Waals surface area contributed by atoms with Gasteiger partial charge in [0.15, 0.2) is 11.5 Å². The fourth-order valence-corrected chi connectivity index (χ4v) is 1.47. The third-order valence-corrected chi connectivity index (χ3v) is 2.50. The molecule has 1 aliphatic rings. The van der Waals surface area contributed by atoms with E-state index in [0.717, 1.165) is 0 Å². The quantitative estimate of drug-likeness (QED) is 0.515. The number of hydrogen-bond acceptors (Lipinski definition) is 5. The van der Waals surface area contributed by atoms with Crippen LogP contribution in [-0.4, -0.2) is 23.0 Å². The molecule has 1 amide bonds. The largest absolute Gasteiger partial charge is 0.454 e. The van der Waals surface area contributed by atoms with Crippen LogP contribution in [0.4, 0.5) is 11.4 Å². The first kappa shape index (κ1) is 12.4. The number of nitrogens with one attached hydrogen (secondary N) is 1. The van der Waals surface area contributed by atoms with Crippen LogP contribution in [0.5, 0.6) is 11.5 Å². The average Bonchev–Trinajstić information content (AvgIpc) is 2.74. The lowest BCUT2D eigenvalue weighted by atomic mass is 10.2. The standard InChI is InChI=1S/C10H9ClN2O5/c1-5(11)10(14)12-6-2-8-9(18-4-17-8)3-7(6)13(15)16/h2-3,5H,4H2,1H3,(H,12,14). The van der Waals surface area contributed by atoms with E-state index in [1.807, 2.05) is 0 Å². The van der Waals surface area contributed by atoms with Crippen LogP contribution in [0.3, 0.4) is 0 Å². The SMILES string of the molecule is CC(Cl)C(=O)Nc1cc2c(cc1[N+](=O)[O-])OCO2. The minimum absolute atomic E-state index is 0.00417.